The number of ether oxygens (including phenoxy) is 1. The summed E-state index contributed by atoms with van der Waals surface area (Å²) in [6, 6.07) is 13.7. The zero-order valence-electron chi connectivity index (χ0n) is 10.1. The highest BCUT2D eigenvalue weighted by molar-refractivity contribution is 7.99. The van der Waals surface area contributed by atoms with Gasteiger partial charge in [-0.15, -0.1) is 11.8 Å². The summed E-state index contributed by atoms with van der Waals surface area (Å²) in [6.07, 6.45) is 1.75. The van der Waals surface area contributed by atoms with Crippen molar-refractivity contribution in [2.75, 3.05) is 12.9 Å². The summed E-state index contributed by atoms with van der Waals surface area (Å²) in [6.45, 7) is 0. The number of pyridine rings is 1. The molecule has 0 N–H and O–H groups in total. The van der Waals surface area contributed by atoms with Gasteiger partial charge in [-0.3, -0.25) is 0 Å². The Morgan fingerprint density at radius 2 is 2.17 bits per heavy atom. The lowest BCUT2D eigenvalue weighted by Crippen LogP contribution is -1.83. The van der Waals surface area contributed by atoms with E-state index in [1.54, 1.807) is 25.1 Å². The highest BCUT2D eigenvalue weighted by Gasteiger charge is 1.94. The van der Waals surface area contributed by atoms with Crippen LogP contribution < -0.4 is 4.74 Å². The molecule has 0 atom stereocenters. The third-order valence-corrected chi connectivity index (χ3v) is 3.11. The Hall–Kier alpha value is -1.92. The molecule has 0 saturated carbocycles. The van der Waals surface area contributed by atoms with Crippen molar-refractivity contribution in [3.63, 3.8) is 0 Å². The van der Waals surface area contributed by atoms with Gasteiger partial charge in [-0.25, -0.2) is 4.98 Å². The van der Waals surface area contributed by atoms with E-state index in [1.165, 1.54) is 0 Å². The van der Waals surface area contributed by atoms with Crippen molar-refractivity contribution in [2.45, 2.75) is 4.90 Å². The van der Waals surface area contributed by atoms with E-state index in [1.807, 2.05) is 36.4 Å². The van der Waals surface area contributed by atoms with E-state index in [0.717, 1.165) is 22.1 Å². The fourth-order valence-electron chi connectivity index (χ4n) is 1.37. The highest BCUT2D eigenvalue weighted by Crippen LogP contribution is 2.22. The molecule has 18 heavy (non-hydrogen) atoms. The Morgan fingerprint density at radius 3 is 2.94 bits per heavy atom. The minimum atomic E-state index is 0.740. The average Bonchev–Trinajstić information content (AvgIpc) is 2.45. The van der Waals surface area contributed by atoms with Crippen LogP contribution in [0.2, 0.25) is 0 Å². The van der Waals surface area contributed by atoms with E-state index in [9.17, 15) is 0 Å². The second kappa shape index (κ2) is 6.73. The van der Waals surface area contributed by atoms with Crippen molar-refractivity contribution in [2.24, 2.45) is 0 Å². The van der Waals surface area contributed by atoms with Crippen LogP contribution in [0.3, 0.4) is 0 Å². The summed E-state index contributed by atoms with van der Waals surface area (Å²) in [5, 5.41) is 0. The summed E-state index contributed by atoms with van der Waals surface area (Å²) in [7, 11) is 1.67. The maximum atomic E-state index is 5.17. The van der Waals surface area contributed by atoms with E-state index in [0.29, 0.717) is 0 Å². The number of rotatable bonds is 3. The van der Waals surface area contributed by atoms with E-state index < -0.39 is 0 Å². The van der Waals surface area contributed by atoms with E-state index in [4.69, 9.17) is 4.74 Å². The first-order chi connectivity index (χ1) is 8.88. The summed E-state index contributed by atoms with van der Waals surface area (Å²) < 4.78 is 5.17. The number of thioether (sulfide) groups is 1. The molecule has 1 aromatic carbocycles. The Morgan fingerprint density at radius 1 is 1.22 bits per heavy atom. The Bertz CT molecular complexity index is 557. The van der Waals surface area contributed by atoms with Gasteiger partial charge in [-0.2, -0.15) is 0 Å². The van der Waals surface area contributed by atoms with Crippen molar-refractivity contribution in [3.8, 4) is 17.6 Å². The molecule has 1 aromatic heterocycles. The fourth-order valence-corrected chi connectivity index (χ4v) is 2.06. The van der Waals surface area contributed by atoms with Crippen LogP contribution in [0.25, 0.3) is 0 Å². The number of methoxy groups -OCH3 is 1. The Kier molecular flexibility index (Phi) is 4.68. The molecule has 2 nitrogen and oxygen atoms in total. The highest BCUT2D eigenvalue weighted by atomic mass is 32.2. The summed E-state index contributed by atoms with van der Waals surface area (Å²) in [4.78, 5) is 5.30. The van der Waals surface area contributed by atoms with Gasteiger partial charge < -0.3 is 4.74 Å². The lowest BCUT2D eigenvalue weighted by atomic mass is 10.3. The van der Waals surface area contributed by atoms with Gasteiger partial charge in [0, 0.05) is 11.1 Å². The lowest BCUT2D eigenvalue weighted by Gasteiger charge is -2.01. The van der Waals surface area contributed by atoms with Crippen LogP contribution in [-0.4, -0.2) is 17.8 Å². The third kappa shape index (κ3) is 3.83. The summed E-state index contributed by atoms with van der Waals surface area (Å²) >= 11 is 1.69. The van der Waals surface area contributed by atoms with Crippen LogP contribution in [0.15, 0.2) is 53.6 Å². The molecule has 0 amide bonds. The predicted octanol–water partition coefficient (Wildman–Crippen LogP) is 3.23. The van der Waals surface area contributed by atoms with Crippen molar-refractivity contribution in [1.82, 2.24) is 4.98 Å². The van der Waals surface area contributed by atoms with E-state index >= 15 is 0 Å². The number of hydrogen-bond donors (Lipinski definition) is 0. The Balaban J connectivity index is 1.91. The molecule has 0 bridgehead atoms. The first kappa shape index (κ1) is 12.5. The summed E-state index contributed by atoms with van der Waals surface area (Å²) in [5.41, 5.74) is 0.809. The van der Waals surface area contributed by atoms with Gasteiger partial charge in [0.1, 0.15) is 11.4 Å². The topological polar surface area (TPSA) is 22.1 Å². The molecule has 1 heterocycles. The Labute approximate surface area is 111 Å². The zero-order valence-corrected chi connectivity index (χ0v) is 10.9. The quantitative estimate of drug-likeness (QED) is 0.621. The minimum Gasteiger partial charge on any atom is -0.497 e. The van der Waals surface area contributed by atoms with E-state index in [2.05, 4.69) is 22.9 Å². The standard InChI is InChI=1S/C15H13NOS/c1-17-14-8-4-9-15(12-14)18-11-5-7-13-6-2-3-10-16-13/h2-4,6,8-10,12H,11H2,1H3. The molecule has 0 unspecified atom stereocenters. The van der Waals surface area contributed by atoms with Crippen molar-refractivity contribution < 1.29 is 4.74 Å². The number of benzene rings is 1. The third-order valence-electron chi connectivity index (χ3n) is 2.23. The average molecular weight is 255 g/mol. The molecule has 0 aliphatic rings. The molecule has 90 valence electrons. The van der Waals surface area contributed by atoms with Gasteiger partial charge in [0.2, 0.25) is 0 Å². The van der Waals surface area contributed by atoms with Crippen LogP contribution in [0.4, 0.5) is 0 Å². The molecule has 0 fully saturated rings. The van der Waals surface area contributed by atoms with Crippen LogP contribution in [0, 0.1) is 11.8 Å². The van der Waals surface area contributed by atoms with Crippen LogP contribution in [0.5, 0.6) is 5.75 Å². The van der Waals surface area contributed by atoms with Crippen LogP contribution in [0.1, 0.15) is 5.69 Å². The largest absolute Gasteiger partial charge is 0.497 e. The first-order valence-corrected chi connectivity index (χ1v) is 6.54. The maximum Gasteiger partial charge on any atom is 0.119 e. The van der Waals surface area contributed by atoms with Gasteiger partial charge in [0.25, 0.3) is 0 Å². The normalized spacial score (nSPS) is 9.39. The van der Waals surface area contributed by atoms with Gasteiger partial charge in [0.05, 0.1) is 12.9 Å². The maximum absolute atomic E-state index is 5.17. The van der Waals surface area contributed by atoms with E-state index in [-0.39, 0.29) is 0 Å². The second-order valence-corrected chi connectivity index (χ2v) is 4.53. The van der Waals surface area contributed by atoms with Crippen LogP contribution >= 0.6 is 11.8 Å². The molecular weight excluding hydrogens is 242 g/mol. The molecule has 0 aliphatic heterocycles. The van der Waals surface area contributed by atoms with Crippen molar-refractivity contribution >= 4 is 11.8 Å². The van der Waals surface area contributed by atoms with Crippen LogP contribution in [-0.2, 0) is 0 Å². The first-order valence-electron chi connectivity index (χ1n) is 5.55. The summed E-state index contributed by atoms with van der Waals surface area (Å²) in [5.74, 6) is 7.74. The number of aromatic nitrogens is 1. The molecule has 3 heteroatoms. The van der Waals surface area contributed by atoms with Gasteiger partial charge in [-0.05, 0) is 36.3 Å². The lowest BCUT2D eigenvalue weighted by molar-refractivity contribution is 0.413. The minimum absolute atomic E-state index is 0.740. The molecular formula is C15H13NOS. The smallest absolute Gasteiger partial charge is 0.119 e. The second-order valence-electron chi connectivity index (χ2n) is 3.48. The zero-order chi connectivity index (χ0) is 12.6. The molecule has 0 radical (unpaired) electrons. The monoisotopic (exact) mass is 255 g/mol. The SMILES string of the molecule is COc1cccc(SCC#Cc2ccccn2)c1. The van der Waals surface area contributed by atoms with Gasteiger partial charge in [-0.1, -0.05) is 18.1 Å². The molecule has 0 aliphatic carbocycles. The fraction of sp³-hybridized carbons (Fsp3) is 0.133. The predicted molar refractivity (Wildman–Crippen MR) is 74.8 cm³/mol. The molecule has 2 rings (SSSR count). The van der Waals surface area contributed by atoms with Gasteiger partial charge in [0.15, 0.2) is 0 Å². The number of nitrogens with zero attached hydrogens (tertiary/aromatic N) is 1. The molecule has 2 aromatic rings. The van der Waals surface area contributed by atoms with Crippen molar-refractivity contribution in [1.29, 1.82) is 0 Å². The van der Waals surface area contributed by atoms with Gasteiger partial charge >= 0.3 is 0 Å². The molecule has 0 spiro atoms. The van der Waals surface area contributed by atoms with Crippen molar-refractivity contribution in [3.05, 3.63) is 54.4 Å². The molecule has 0 saturated heterocycles. The number of hydrogen-bond acceptors (Lipinski definition) is 3.